The predicted molar refractivity (Wildman–Crippen MR) is 94.7 cm³/mol. The molecule has 0 aromatic heterocycles. The first kappa shape index (κ1) is 16.8. The zero-order valence-electron chi connectivity index (χ0n) is 14.4. The van der Waals surface area contributed by atoms with E-state index >= 15 is 0 Å². The van der Waals surface area contributed by atoms with Crippen molar-refractivity contribution < 1.29 is 4.74 Å². The van der Waals surface area contributed by atoms with Crippen molar-refractivity contribution in [3.8, 4) is 6.07 Å². The molecule has 2 fully saturated rings. The fourth-order valence-electron chi connectivity index (χ4n) is 4.72. The van der Waals surface area contributed by atoms with Crippen LogP contribution in [0.3, 0.4) is 0 Å². The highest BCUT2D eigenvalue weighted by Crippen LogP contribution is 2.68. The minimum atomic E-state index is -0.284. The molecule has 3 nitrogen and oxygen atoms in total. The zero-order chi connectivity index (χ0) is 16.7. The molecule has 0 amide bonds. The van der Waals surface area contributed by atoms with Crippen molar-refractivity contribution in [2.45, 2.75) is 51.0 Å². The van der Waals surface area contributed by atoms with Crippen LogP contribution in [0.5, 0.6) is 0 Å². The maximum atomic E-state index is 9.50. The van der Waals surface area contributed by atoms with Gasteiger partial charge >= 0.3 is 0 Å². The van der Waals surface area contributed by atoms with E-state index in [1.54, 1.807) is 11.9 Å². The van der Waals surface area contributed by atoms with Gasteiger partial charge in [0.2, 0.25) is 0 Å². The standard InChI is InChI=1S/C19H26N2OS/c1-18(2)14-10-11-19(18,3)17(22-4)16(14)23-21-15(12-20)13-8-6-5-7-9-13/h5-9,14-17,21H,10-11H2,1-4H3/t14-,15?,16?,17?,19+/m1/s1. The van der Waals surface area contributed by atoms with E-state index < -0.39 is 0 Å². The molecule has 124 valence electrons. The van der Waals surface area contributed by atoms with E-state index in [1.807, 2.05) is 37.4 Å². The largest absolute Gasteiger partial charge is 0.380 e. The molecule has 0 radical (unpaired) electrons. The quantitative estimate of drug-likeness (QED) is 0.816. The van der Waals surface area contributed by atoms with E-state index in [4.69, 9.17) is 4.74 Å². The lowest BCUT2D eigenvalue weighted by Gasteiger charge is -2.39. The molecule has 0 heterocycles. The maximum Gasteiger partial charge on any atom is 0.130 e. The second kappa shape index (κ2) is 6.12. The molecule has 3 rings (SSSR count). The van der Waals surface area contributed by atoms with Crippen LogP contribution >= 0.6 is 11.9 Å². The molecule has 2 aliphatic rings. The number of benzene rings is 1. The highest BCUT2D eigenvalue weighted by Gasteiger charge is 2.66. The van der Waals surface area contributed by atoms with Gasteiger partial charge in [0.1, 0.15) is 6.04 Å². The Morgan fingerprint density at radius 1 is 1.30 bits per heavy atom. The summed E-state index contributed by atoms with van der Waals surface area (Å²) in [5.41, 5.74) is 1.52. The summed E-state index contributed by atoms with van der Waals surface area (Å²) >= 11 is 1.71. The molecule has 1 N–H and O–H groups in total. The normalized spacial score (nSPS) is 35.9. The monoisotopic (exact) mass is 330 g/mol. The molecule has 0 aliphatic heterocycles. The Hall–Kier alpha value is -1.02. The molecule has 3 unspecified atom stereocenters. The summed E-state index contributed by atoms with van der Waals surface area (Å²) in [6, 6.07) is 12.0. The molecular weight excluding hydrogens is 304 g/mol. The Morgan fingerprint density at radius 2 is 2.00 bits per heavy atom. The molecule has 2 bridgehead atoms. The second-order valence-electron chi connectivity index (χ2n) is 7.61. The van der Waals surface area contributed by atoms with Crippen molar-refractivity contribution in [2.24, 2.45) is 16.7 Å². The molecule has 23 heavy (non-hydrogen) atoms. The fraction of sp³-hybridized carbons (Fsp3) is 0.632. The van der Waals surface area contributed by atoms with E-state index in [-0.39, 0.29) is 23.0 Å². The molecule has 1 aromatic carbocycles. The minimum absolute atomic E-state index is 0.223. The third-order valence-corrected chi connectivity index (χ3v) is 7.75. The Bertz CT molecular complexity index is 597. The zero-order valence-corrected chi connectivity index (χ0v) is 15.2. The van der Waals surface area contributed by atoms with Gasteiger partial charge in [0.25, 0.3) is 0 Å². The topological polar surface area (TPSA) is 45.0 Å². The summed E-state index contributed by atoms with van der Waals surface area (Å²) in [5, 5.41) is 9.90. The van der Waals surface area contributed by atoms with Crippen molar-refractivity contribution >= 4 is 11.9 Å². The smallest absolute Gasteiger partial charge is 0.130 e. The summed E-state index contributed by atoms with van der Waals surface area (Å²) in [7, 11) is 1.83. The van der Waals surface area contributed by atoms with Gasteiger partial charge in [-0.05, 0) is 29.7 Å². The number of hydrogen-bond acceptors (Lipinski definition) is 4. The second-order valence-corrected chi connectivity index (χ2v) is 8.63. The van der Waals surface area contributed by atoms with Gasteiger partial charge in [-0.1, -0.05) is 63.1 Å². The highest BCUT2D eigenvalue weighted by atomic mass is 32.2. The van der Waals surface area contributed by atoms with Gasteiger partial charge < -0.3 is 4.74 Å². The number of fused-ring (bicyclic) bond motifs is 2. The Balaban J connectivity index is 1.75. The van der Waals surface area contributed by atoms with Gasteiger partial charge in [0.15, 0.2) is 0 Å². The van der Waals surface area contributed by atoms with Crippen molar-refractivity contribution in [2.75, 3.05) is 7.11 Å². The molecule has 0 spiro atoms. The van der Waals surface area contributed by atoms with Gasteiger partial charge in [-0.2, -0.15) is 5.26 Å². The van der Waals surface area contributed by atoms with Gasteiger partial charge in [-0.15, -0.1) is 0 Å². The third kappa shape index (κ3) is 2.50. The molecule has 4 heteroatoms. The van der Waals surface area contributed by atoms with Gasteiger partial charge in [-0.25, -0.2) is 4.72 Å². The lowest BCUT2D eigenvalue weighted by molar-refractivity contribution is -0.0177. The summed E-state index contributed by atoms with van der Waals surface area (Å²) in [4.78, 5) is 0. The lowest BCUT2D eigenvalue weighted by Crippen LogP contribution is -2.41. The Morgan fingerprint density at radius 3 is 2.61 bits per heavy atom. The molecule has 2 aliphatic carbocycles. The maximum absolute atomic E-state index is 9.50. The van der Waals surface area contributed by atoms with Crippen molar-refractivity contribution in [1.29, 1.82) is 5.26 Å². The number of nitrogens with zero attached hydrogens (tertiary/aromatic N) is 1. The first-order valence-electron chi connectivity index (χ1n) is 8.34. The van der Waals surface area contributed by atoms with Crippen LogP contribution in [0.1, 0.15) is 45.2 Å². The van der Waals surface area contributed by atoms with Crippen LogP contribution in [0.25, 0.3) is 0 Å². The van der Waals surface area contributed by atoms with E-state index in [9.17, 15) is 5.26 Å². The van der Waals surface area contributed by atoms with Crippen LogP contribution in [-0.4, -0.2) is 18.5 Å². The van der Waals surface area contributed by atoms with Gasteiger partial charge in [-0.3, -0.25) is 0 Å². The molecule has 0 saturated heterocycles. The van der Waals surface area contributed by atoms with Crippen molar-refractivity contribution in [1.82, 2.24) is 4.72 Å². The number of nitriles is 1. The number of methoxy groups -OCH3 is 1. The van der Waals surface area contributed by atoms with E-state index in [0.717, 1.165) is 5.56 Å². The molecule has 5 atom stereocenters. The SMILES string of the molecule is COC1C(SNC(C#N)c2ccccc2)[C@H]2CC[C@]1(C)C2(C)C. The van der Waals surface area contributed by atoms with E-state index in [2.05, 4.69) is 31.6 Å². The Kier molecular flexibility index (Phi) is 4.48. The van der Waals surface area contributed by atoms with Gasteiger partial charge in [0, 0.05) is 17.8 Å². The van der Waals surface area contributed by atoms with Crippen LogP contribution in [0.2, 0.25) is 0 Å². The van der Waals surface area contributed by atoms with Crippen LogP contribution in [0.15, 0.2) is 30.3 Å². The van der Waals surface area contributed by atoms with Crippen LogP contribution in [0.4, 0.5) is 0 Å². The lowest BCUT2D eigenvalue weighted by atomic mass is 9.70. The molecule has 1 aromatic rings. The minimum Gasteiger partial charge on any atom is -0.380 e. The summed E-state index contributed by atoms with van der Waals surface area (Å²) in [5.74, 6) is 0.630. The van der Waals surface area contributed by atoms with E-state index in [1.165, 1.54) is 12.8 Å². The average molecular weight is 330 g/mol. The molecule has 2 saturated carbocycles. The highest BCUT2D eigenvalue weighted by molar-refractivity contribution is 7.98. The van der Waals surface area contributed by atoms with Gasteiger partial charge in [0.05, 0.1) is 12.2 Å². The number of hydrogen-bond donors (Lipinski definition) is 1. The molecular formula is C19H26N2OS. The number of rotatable bonds is 5. The van der Waals surface area contributed by atoms with Crippen molar-refractivity contribution in [3.63, 3.8) is 0 Å². The summed E-state index contributed by atoms with van der Waals surface area (Å²) in [6.45, 7) is 7.15. The van der Waals surface area contributed by atoms with Crippen molar-refractivity contribution in [3.05, 3.63) is 35.9 Å². The van der Waals surface area contributed by atoms with Crippen LogP contribution < -0.4 is 4.72 Å². The van der Waals surface area contributed by atoms with Crippen LogP contribution in [0, 0.1) is 28.1 Å². The fourth-order valence-corrected chi connectivity index (χ4v) is 6.38. The number of nitrogens with one attached hydrogen (secondary N) is 1. The third-order valence-electron chi connectivity index (χ3n) is 6.53. The average Bonchev–Trinajstić information content (AvgIpc) is 2.87. The first-order chi connectivity index (χ1) is 11.0. The first-order valence-corrected chi connectivity index (χ1v) is 9.22. The summed E-state index contributed by atoms with van der Waals surface area (Å²) in [6.07, 6.45) is 2.73. The summed E-state index contributed by atoms with van der Waals surface area (Å²) < 4.78 is 9.33. The number of ether oxygens (including phenoxy) is 1. The predicted octanol–water partition coefficient (Wildman–Crippen LogP) is 4.33. The van der Waals surface area contributed by atoms with E-state index in [0.29, 0.717) is 11.2 Å². The van der Waals surface area contributed by atoms with Crippen LogP contribution in [-0.2, 0) is 4.74 Å². The Labute approximate surface area is 143 Å².